The van der Waals surface area contributed by atoms with Gasteiger partial charge in [-0.15, -0.1) is 0 Å². The van der Waals surface area contributed by atoms with Crippen molar-refractivity contribution in [3.05, 3.63) is 39.9 Å². The number of halogens is 1. The summed E-state index contributed by atoms with van der Waals surface area (Å²) >= 11 is 3.41. The number of hydrogen-bond acceptors (Lipinski definition) is 1. The van der Waals surface area contributed by atoms with Crippen LogP contribution in [0.5, 0.6) is 0 Å². The molecule has 0 radical (unpaired) electrons. The Balaban J connectivity index is 2.65. The number of benzene rings is 1. The monoisotopic (exact) mass is 210 g/mol. The minimum atomic E-state index is -0.414. The minimum absolute atomic E-state index is 0.414. The van der Waals surface area contributed by atoms with Gasteiger partial charge < -0.3 is 5.11 Å². The lowest BCUT2D eigenvalue weighted by Crippen LogP contribution is -1.89. The predicted molar refractivity (Wildman–Crippen MR) is 48.1 cm³/mol. The molecule has 1 atom stereocenters. The molecule has 56 valence electrons. The average Bonchev–Trinajstić information content (AvgIpc) is 2.35. The summed E-state index contributed by atoms with van der Waals surface area (Å²) in [4.78, 5) is 0. The normalized spacial score (nSPS) is 20.4. The smallest absolute Gasteiger partial charge is 0.0981 e. The van der Waals surface area contributed by atoms with Crippen LogP contribution in [0.25, 0.3) is 6.08 Å². The van der Waals surface area contributed by atoms with Gasteiger partial charge in [-0.2, -0.15) is 0 Å². The molecular formula is C9H7BrO. The highest BCUT2D eigenvalue weighted by molar-refractivity contribution is 9.10. The van der Waals surface area contributed by atoms with Crippen molar-refractivity contribution >= 4 is 22.0 Å². The Bertz CT molecular complexity index is 317. The first kappa shape index (κ1) is 7.07. The summed E-state index contributed by atoms with van der Waals surface area (Å²) in [5.41, 5.74) is 2.08. The van der Waals surface area contributed by atoms with Crippen LogP contribution in [0.3, 0.4) is 0 Å². The van der Waals surface area contributed by atoms with Crippen molar-refractivity contribution in [3.63, 3.8) is 0 Å². The van der Waals surface area contributed by atoms with Crippen LogP contribution in [0.2, 0.25) is 0 Å². The van der Waals surface area contributed by atoms with Crippen molar-refractivity contribution in [1.29, 1.82) is 0 Å². The van der Waals surface area contributed by atoms with Gasteiger partial charge in [-0.1, -0.05) is 40.2 Å². The summed E-state index contributed by atoms with van der Waals surface area (Å²) in [7, 11) is 0. The first-order chi connectivity index (χ1) is 5.29. The third-order valence-electron chi connectivity index (χ3n) is 1.85. The van der Waals surface area contributed by atoms with Gasteiger partial charge >= 0.3 is 0 Å². The lowest BCUT2D eigenvalue weighted by Gasteiger charge is -2.03. The fourth-order valence-corrected chi connectivity index (χ4v) is 1.79. The molecule has 0 aromatic heterocycles. The van der Waals surface area contributed by atoms with Crippen molar-refractivity contribution in [2.75, 3.05) is 0 Å². The van der Waals surface area contributed by atoms with E-state index in [1.54, 1.807) is 6.08 Å². The molecule has 0 aliphatic heterocycles. The largest absolute Gasteiger partial charge is 0.384 e. The molecule has 0 spiro atoms. The number of aliphatic hydroxyl groups is 1. The van der Waals surface area contributed by atoms with E-state index in [2.05, 4.69) is 15.9 Å². The molecule has 2 heteroatoms. The maximum Gasteiger partial charge on any atom is 0.0981 e. The molecule has 1 aromatic rings. The lowest BCUT2D eigenvalue weighted by molar-refractivity contribution is 0.232. The molecule has 0 saturated carbocycles. The van der Waals surface area contributed by atoms with Crippen molar-refractivity contribution in [1.82, 2.24) is 0 Å². The van der Waals surface area contributed by atoms with Crippen LogP contribution >= 0.6 is 15.9 Å². The third kappa shape index (κ3) is 1.03. The highest BCUT2D eigenvalue weighted by Crippen LogP contribution is 2.32. The Kier molecular flexibility index (Phi) is 1.59. The molecule has 0 unspecified atom stereocenters. The zero-order chi connectivity index (χ0) is 7.84. The SMILES string of the molecule is O[C@H]1C=Cc2c(Br)cccc21. The molecule has 1 N–H and O–H groups in total. The minimum Gasteiger partial charge on any atom is -0.384 e. The van der Waals surface area contributed by atoms with Gasteiger partial charge in [-0.05, 0) is 17.2 Å². The number of fused-ring (bicyclic) bond motifs is 1. The highest BCUT2D eigenvalue weighted by Gasteiger charge is 2.15. The number of aliphatic hydroxyl groups excluding tert-OH is 1. The first-order valence-corrected chi connectivity index (χ1v) is 4.23. The molecule has 1 aliphatic carbocycles. The summed E-state index contributed by atoms with van der Waals surface area (Å²) < 4.78 is 1.04. The van der Waals surface area contributed by atoms with E-state index in [-0.39, 0.29) is 0 Å². The highest BCUT2D eigenvalue weighted by atomic mass is 79.9. The van der Waals surface area contributed by atoms with Crippen LogP contribution in [0, 0.1) is 0 Å². The van der Waals surface area contributed by atoms with Gasteiger partial charge in [-0.25, -0.2) is 0 Å². The summed E-state index contributed by atoms with van der Waals surface area (Å²) in [5.74, 6) is 0. The fourth-order valence-electron chi connectivity index (χ4n) is 1.28. The Morgan fingerprint density at radius 3 is 2.91 bits per heavy atom. The van der Waals surface area contributed by atoms with E-state index in [0.29, 0.717) is 0 Å². The fraction of sp³-hybridized carbons (Fsp3) is 0.111. The molecule has 1 aromatic carbocycles. The van der Waals surface area contributed by atoms with E-state index in [9.17, 15) is 5.11 Å². The van der Waals surface area contributed by atoms with Crippen LogP contribution in [0.15, 0.2) is 28.7 Å². The second-order valence-electron chi connectivity index (χ2n) is 2.55. The van der Waals surface area contributed by atoms with E-state index in [1.807, 2.05) is 24.3 Å². The quantitative estimate of drug-likeness (QED) is 0.698. The van der Waals surface area contributed by atoms with E-state index >= 15 is 0 Å². The summed E-state index contributed by atoms with van der Waals surface area (Å²) in [6.45, 7) is 0. The summed E-state index contributed by atoms with van der Waals surface area (Å²) in [6.07, 6.45) is 3.31. The number of hydrogen-bond donors (Lipinski definition) is 1. The van der Waals surface area contributed by atoms with Gasteiger partial charge in [0.15, 0.2) is 0 Å². The van der Waals surface area contributed by atoms with E-state index < -0.39 is 6.10 Å². The summed E-state index contributed by atoms with van der Waals surface area (Å²) in [6, 6.07) is 5.84. The maximum atomic E-state index is 9.40. The van der Waals surface area contributed by atoms with Gasteiger partial charge in [0.05, 0.1) is 6.10 Å². The molecular weight excluding hydrogens is 204 g/mol. The van der Waals surface area contributed by atoms with E-state index in [4.69, 9.17) is 0 Å². The van der Waals surface area contributed by atoms with Crippen LogP contribution < -0.4 is 0 Å². The average molecular weight is 211 g/mol. The standard InChI is InChI=1S/C9H7BrO/c10-8-3-1-2-7-6(8)4-5-9(7)11/h1-5,9,11H/t9-/m0/s1. The molecule has 2 rings (SSSR count). The van der Waals surface area contributed by atoms with E-state index in [0.717, 1.165) is 15.6 Å². The van der Waals surface area contributed by atoms with Crippen molar-refractivity contribution in [3.8, 4) is 0 Å². The van der Waals surface area contributed by atoms with Gasteiger partial charge in [0, 0.05) is 4.47 Å². The first-order valence-electron chi connectivity index (χ1n) is 3.44. The summed E-state index contributed by atoms with van der Waals surface area (Å²) in [5, 5.41) is 9.40. The topological polar surface area (TPSA) is 20.2 Å². The third-order valence-corrected chi connectivity index (χ3v) is 2.54. The number of rotatable bonds is 0. The molecule has 0 amide bonds. The van der Waals surface area contributed by atoms with Crippen molar-refractivity contribution < 1.29 is 5.11 Å². The zero-order valence-corrected chi connectivity index (χ0v) is 7.38. The molecule has 0 fully saturated rings. The van der Waals surface area contributed by atoms with Gasteiger partial charge in [0.25, 0.3) is 0 Å². The molecule has 0 heterocycles. The van der Waals surface area contributed by atoms with Crippen LogP contribution in [-0.2, 0) is 0 Å². The molecule has 1 nitrogen and oxygen atoms in total. The van der Waals surface area contributed by atoms with Crippen molar-refractivity contribution in [2.24, 2.45) is 0 Å². The van der Waals surface area contributed by atoms with Gasteiger partial charge in [0.2, 0.25) is 0 Å². The molecule has 11 heavy (non-hydrogen) atoms. The maximum absolute atomic E-state index is 9.40. The van der Waals surface area contributed by atoms with Crippen LogP contribution in [-0.4, -0.2) is 5.11 Å². The Morgan fingerprint density at radius 1 is 1.36 bits per heavy atom. The Hall–Kier alpha value is -0.600. The Morgan fingerprint density at radius 2 is 2.18 bits per heavy atom. The predicted octanol–water partition coefficient (Wildman–Crippen LogP) is 2.51. The van der Waals surface area contributed by atoms with Gasteiger partial charge in [-0.3, -0.25) is 0 Å². The second-order valence-corrected chi connectivity index (χ2v) is 3.40. The lowest BCUT2D eigenvalue weighted by atomic mass is 10.1. The molecule has 0 bridgehead atoms. The van der Waals surface area contributed by atoms with Crippen molar-refractivity contribution in [2.45, 2.75) is 6.10 Å². The van der Waals surface area contributed by atoms with Crippen LogP contribution in [0.1, 0.15) is 17.2 Å². The van der Waals surface area contributed by atoms with E-state index in [1.165, 1.54) is 0 Å². The second kappa shape index (κ2) is 2.47. The molecule has 0 saturated heterocycles. The molecule has 1 aliphatic rings. The van der Waals surface area contributed by atoms with Gasteiger partial charge in [0.1, 0.15) is 0 Å². The van der Waals surface area contributed by atoms with Crippen LogP contribution in [0.4, 0.5) is 0 Å². The Labute approximate surface area is 73.5 Å². The zero-order valence-electron chi connectivity index (χ0n) is 5.79.